The van der Waals surface area contributed by atoms with E-state index < -0.39 is 0 Å². The molecule has 4 fully saturated rings. The van der Waals surface area contributed by atoms with Crippen molar-refractivity contribution in [1.29, 1.82) is 0 Å². The number of rotatable bonds is 1. The van der Waals surface area contributed by atoms with Gasteiger partial charge in [0.05, 0.1) is 6.10 Å². The van der Waals surface area contributed by atoms with Crippen molar-refractivity contribution in [3.8, 4) is 0 Å². The summed E-state index contributed by atoms with van der Waals surface area (Å²) >= 11 is 0. The van der Waals surface area contributed by atoms with E-state index in [4.69, 9.17) is 5.53 Å². The fourth-order valence-electron chi connectivity index (χ4n) is 7.39. The Morgan fingerprint density at radius 2 is 1.70 bits per heavy atom. The zero-order chi connectivity index (χ0) is 16.2. The lowest BCUT2D eigenvalue weighted by Gasteiger charge is -2.60. The Labute approximate surface area is 139 Å². The third-order valence-electron chi connectivity index (χ3n) is 8.80. The zero-order valence-corrected chi connectivity index (χ0v) is 14.6. The fourth-order valence-corrected chi connectivity index (χ4v) is 7.39. The Balaban J connectivity index is 1.58. The molecular weight excluding hydrogens is 286 g/mol. The minimum absolute atomic E-state index is 0.0697. The summed E-state index contributed by atoms with van der Waals surface area (Å²) < 4.78 is 0. The Hall–Kier alpha value is -0.730. The van der Waals surface area contributed by atoms with E-state index in [1.807, 2.05) is 0 Å². The molecule has 0 aromatic heterocycles. The van der Waals surface area contributed by atoms with Gasteiger partial charge in [-0.15, -0.1) is 0 Å². The molecule has 0 aromatic carbocycles. The molecule has 0 spiro atoms. The summed E-state index contributed by atoms with van der Waals surface area (Å²) in [5.41, 5.74) is 9.39. The standard InChI is InChI=1S/C19H31N3O/c1-18-9-7-13(21-22-20)11-12(18)3-4-14-15-5-6-17(23)19(15,2)10-8-16(14)18/h12-17,23H,3-11H2,1-2H3/t12-,13+,14-,15+,16-,17+,18-,19-/m0/s1. The second-order valence-electron chi connectivity index (χ2n) is 9.43. The number of aliphatic hydroxyl groups is 1. The monoisotopic (exact) mass is 317 g/mol. The second kappa shape index (κ2) is 5.39. The summed E-state index contributed by atoms with van der Waals surface area (Å²) in [6.45, 7) is 4.90. The lowest BCUT2D eigenvalue weighted by molar-refractivity contribution is -0.122. The second-order valence-corrected chi connectivity index (χ2v) is 9.43. The molecule has 0 radical (unpaired) electrons. The SMILES string of the molecule is C[C@]12CC[C@@H](N=[N+]=[N-])C[C@@H]1CC[C@H]1[C@H]3CC[C@@H](O)[C@@]3(C)CC[C@@H]12. The van der Waals surface area contributed by atoms with Crippen molar-refractivity contribution < 1.29 is 5.11 Å². The maximum atomic E-state index is 10.5. The van der Waals surface area contributed by atoms with Crippen LogP contribution in [0.5, 0.6) is 0 Å². The van der Waals surface area contributed by atoms with Gasteiger partial charge < -0.3 is 5.11 Å². The maximum Gasteiger partial charge on any atom is 0.0596 e. The largest absolute Gasteiger partial charge is 0.393 e. The summed E-state index contributed by atoms with van der Waals surface area (Å²) in [4.78, 5) is 3.06. The van der Waals surface area contributed by atoms with Gasteiger partial charge in [0.2, 0.25) is 0 Å². The van der Waals surface area contributed by atoms with Crippen LogP contribution in [-0.4, -0.2) is 17.3 Å². The molecule has 4 rings (SSSR count). The quantitative estimate of drug-likeness (QED) is 0.409. The van der Waals surface area contributed by atoms with Gasteiger partial charge in [-0.25, -0.2) is 0 Å². The van der Waals surface area contributed by atoms with Crippen LogP contribution in [0.3, 0.4) is 0 Å². The highest BCUT2D eigenvalue weighted by atomic mass is 16.3. The minimum atomic E-state index is -0.0697. The van der Waals surface area contributed by atoms with Crippen molar-refractivity contribution in [3.05, 3.63) is 10.4 Å². The smallest absolute Gasteiger partial charge is 0.0596 e. The third-order valence-corrected chi connectivity index (χ3v) is 8.80. The fraction of sp³-hybridized carbons (Fsp3) is 1.00. The van der Waals surface area contributed by atoms with Gasteiger partial charge in [0.25, 0.3) is 0 Å². The minimum Gasteiger partial charge on any atom is -0.393 e. The molecule has 0 amide bonds. The van der Waals surface area contributed by atoms with Crippen molar-refractivity contribution in [1.82, 2.24) is 0 Å². The summed E-state index contributed by atoms with van der Waals surface area (Å²) in [6.07, 6.45) is 10.7. The molecule has 4 nitrogen and oxygen atoms in total. The van der Waals surface area contributed by atoms with Gasteiger partial charge in [-0.2, -0.15) is 0 Å². The number of azide groups is 1. The number of aliphatic hydroxyl groups excluding tert-OH is 1. The van der Waals surface area contributed by atoms with Gasteiger partial charge in [0.1, 0.15) is 0 Å². The van der Waals surface area contributed by atoms with Gasteiger partial charge in [0.15, 0.2) is 0 Å². The molecule has 0 aliphatic heterocycles. The van der Waals surface area contributed by atoms with Gasteiger partial charge in [-0.05, 0) is 97.8 Å². The molecule has 0 unspecified atom stereocenters. The molecule has 4 saturated carbocycles. The van der Waals surface area contributed by atoms with E-state index in [9.17, 15) is 5.11 Å². The molecule has 4 aliphatic rings. The van der Waals surface area contributed by atoms with E-state index in [1.165, 1.54) is 38.5 Å². The van der Waals surface area contributed by atoms with Gasteiger partial charge in [-0.3, -0.25) is 0 Å². The number of hydrogen-bond acceptors (Lipinski definition) is 2. The van der Waals surface area contributed by atoms with Crippen LogP contribution in [0.15, 0.2) is 5.11 Å². The first-order valence-corrected chi connectivity index (χ1v) is 9.71. The molecule has 23 heavy (non-hydrogen) atoms. The van der Waals surface area contributed by atoms with Crippen LogP contribution in [0.1, 0.15) is 71.6 Å². The summed E-state index contributed by atoms with van der Waals surface area (Å²) in [5, 5.41) is 14.5. The lowest BCUT2D eigenvalue weighted by Crippen LogP contribution is -2.54. The first kappa shape index (κ1) is 15.8. The Kier molecular flexibility index (Phi) is 3.70. The molecule has 0 aromatic rings. The van der Waals surface area contributed by atoms with Crippen molar-refractivity contribution in [3.63, 3.8) is 0 Å². The van der Waals surface area contributed by atoms with Crippen molar-refractivity contribution in [2.45, 2.75) is 83.8 Å². The van der Waals surface area contributed by atoms with Gasteiger partial charge in [0, 0.05) is 11.0 Å². The van der Waals surface area contributed by atoms with E-state index in [0.717, 1.165) is 42.9 Å². The highest BCUT2D eigenvalue weighted by molar-refractivity contribution is 5.09. The Morgan fingerprint density at radius 1 is 0.957 bits per heavy atom. The van der Waals surface area contributed by atoms with Crippen LogP contribution < -0.4 is 0 Å². The average molecular weight is 317 g/mol. The molecule has 8 atom stereocenters. The van der Waals surface area contributed by atoms with Gasteiger partial charge in [-0.1, -0.05) is 19.0 Å². The maximum absolute atomic E-state index is 10.5. The summed E-state index contributed by atoms with van der Waals surface area (Å²) in [6, 6.07) is 0.233. The van der Waals surface area contributed by atoms with Crippen molar-refractivity contribution >= 4 is 0 Å². The van der Waals surface area contributed by atoms with E-state index in [1.54, 1.807) is 0 Å². The van der Waals surface area contributed by atoms with Gasteiger partial charge >= 0.3 is 0 Å². The first-order valence-electron chi connectivity index (χ1n) is 9.71. The molecule has 0 saturated heterocycles. The normalized spacial score (nSPS) is 55.3. The van der Waals surface area contributed by atoms with Crippen LogP contribution in [0.4, 0.5) is 0 Å². The van der Waals surface area contributed by atoms with E-state index in [-0.39, 0.29) is 17.6 Å². The topological polar surface area (TPSA) is 69.0 Å². The molecular formula is C19H31N3O. The lowest BCUT2D eigenvalue weighted by atomic mass is 9.45. The third kappa shape index (κ3) is 2.17. The molecule has 128 valence electrons. The zero-order valence-electron chi connectivity index (χ0n) is 14.6. The summed E-state index contributed by atoms with van der Waals surface area (Å²) in [7, 11) is 0. The molecule has 4 aliphatic carbocycles. The van der Waals surface area contributed by atoms with Crippen molar-refractivity contribution in [2.75, 3.05) is 0 Å². The average Bonchev–Trinajstić information content (AvgIpc) is 2.84. The van der Waals surface area contributed by atoms with E-state index in [2.05, 4.69) is 23.9 Å². The van der Waals surface area contributed by atoms with Crippen LogP contribution >= 0.6 is 0 Å². The Bertz CT molecular complexity index is 531. The highest BCUT2D eigenvalue weighted by Crippen LogP contribution is 2.66. The van der Waals surface area contributed by atoms with E-state index in [0.29, 0.717) is 5.41 Å². The predicted molar refractivity (Wildman–Crippen MR) is 90.7 cm³/mol. The Morgan fingerprint density at radius 3 is 2.48 bits per heavy atom. The van der Waals surface area contributed by atoms with Crippen LogP contribution in [0, 0.1) is 34.5 Å². The number of fused-ring (bicyclic) bond motifs is 5. The van der Waals surface area contributed by atoms with Crippen LogP contribution in [0.2, 0.25) is 0 Å². The molecule has 4 heteroatoms. The number of nitrogens with zero attached hydrogens (tertiary/aromatic N) is 3. The predicted octanol–water partition coefficient (Wildman–Crippen LogP) is 5.07. The van der Waals surface area contributed by atoms with Crippen molar-refractivity contribution in [2.24, 2.45) is 39.6 Å². The number of hydrogen-bond donors (Lipinski definition) is 1. The summed E-state index contributed by atoms with van der Waals surface area (Å²) in [5.74, 6) is 3.13. The highest BCUT2D eigenvalue weighted by Gasteiger charge is 2.59. The van der Waals surface area contributed by atoms with E-state index >= 15 is 0 Å². The first-order chi connectivity index (χ1) is 11.0. The molecule has 0 heterocycles. The molecule has 1 N–H and O–H groups in total. The van der Waals surface area contributed by atoms with Crippen LogP contribution in [0.25, 0.3) is 10.4 Å². The van der Waals surface area contributed by atoms with Crippen LogP contribution in [-0.2, 0) is 0 Å². The molecule has 0 bridgehead atoms.